The number of benzene rings is 4. The zero-order chi connectivity index (χ0) is 40.2. The first-order chi connectivity index (χ1) is 26.9. The van der Waals surface area contributed by atoms with Gasteiger partial charge in [-0.25, -0.2) is 9.59 Å². The van der Waals surface area contributed by atoms with Crippen LogP contribution in [0, 0.1) is 11.8 Å². The highest BCUT2D eigenvalue weighted by Gasteiger charge is 2.28. The predicted molar refractivity (Wildman–Crippen MR) is 198 cm³/mol. The van der Waals surface area contributed by atoms with E-state index in [1.807, 2.05) is 24.3 Å². The van der Waals surface area contributed by atoms with Gasteiger partial charge in [0.2, 0.25) is 11.6 Å². The van der Waals surface area contributed by atoms with Gasteiger partial charge in [-0.05, 0) is 115 Å². The van der Waals surface area contributed by atoms with Crippen molar-refractivity contribution in [3.63, 3.8) is 0 Å². The summed E-state index contributed by atoms with van der Waals surface area (Å²) < 4.78 is 66.5. The number of hydrogen-bond donors (Lipinski definition) is 0. The van der Waals surface area contributed by atoms with Crippen LogP contribution >= 0.6 is 0 Å². The Bertz CT molecular complexity index is 2160. The molecule has 2 aliphatic rings. The summed E-state index contributed by atoms with van der Waals surface area (Å²) in [5.74, 6) is 4.56. The van der Waals surface area contributed by atoms with Crippen LogP contribution in [0.5, 0.6) is 11.5 Å². The molecule has 0 heterocycles. The fourth-order valence-corrected chi connectivity index (χ4v) is 6.02. The number of methoxy groups -OCH3 is 2. The normalized spacial score (nSPS) is 15.4. The number of Topliss-reactive ketones (excluding diaryl/α,β-unsaturated/α-hetero) is 2. The van der Waals surface area contributed by atoms with Gasteiger partial charge in [0.15, 0.2) is 0 Å². The highest BCUT2D eigenvalue weighted by molar-refractivity contribution is 6.49. The number of ketones is 2. The predicted octanol–water partition coefficient (Wildman–Crippen LogP) is 9.00. The van der Waals surface area contributed by atoms with Crippen molar-refractivity contribution in [3.05, 3.63) is 154 Å². The number of rotatable bonds is 11. The van der Waals surface area contributed by atoms with E-state index in [1.165, 1.54) is 62.3 Å². The van der Waals surface area contributed by atoms with E-state index in [1.54, 1.807) is 36.4 Å². The summed E-state index contributed by atoms with van der Waals surface area (Å²) in [5, 5.41) is 0. The minimum atomic E-state index is -2.96. The number of ether oxygens (including phenoxy) is 4. The summed E-state index contributed by atoms with van der Waals surface area (Å²) >= 11 is 0. The van der Waals surface area contributed by atoms with Gasteiger partial charge >= 0.3 is 25.2 Å². The Balaban J connectivity index is 0.000000215. The molecule has 2 fully saturated rings. The third-order valence-electron chi connectivity index (χ3n) is 9.04. The fraction of sp³-hybridized carbons (Fsp3) is 0.227. The average molecular weight is 769 g/mol. The molecule has 0 spiro atoms. The third kappa shape index (κ3) is 11.5. The van der Waals surface area contributed by atoms with Gasteiger partial charge in [0.25, 0.3) is 0 Å². The molecule has 2 saturated carbocycles. The van der Waals surface area contributed by atoms with E-state index in [0.717, 1.165) is 35.1 Å². The second-order valence-electron chi connectivity index (χ2n) is 12.8. The van der Waals surface area contributed by atoms with E-state index < -0.39 is 30.8 Å². The van der Waals surface area contributed by atoms with Crippen molar-refractivity contribution in [2.24, 2.45) is 0 Å². The smallest absolute Gasteiger partial charge is 0.387 e. The Morgan fingerprint density at radius 3 is 1.52 bits per heavy atom. The van der Waals surface area contributed by atoms with Gasteiger partial charge in [-0.3, -0.25) is 9.59 Å². The van der Waals surface area contributed by atoms with Gasteiger partial charge in [-0.1, -0.05) is 53.3 Å². The van der Waals surface area contributed by atoms with Crippen LogP contribution in [-0.2, 0) is 19.1 Å². The Morgan fingerprint density at radius 1 is 0.571 bits per heavy atom. The largest absolute Gasteiger partial charge is 0.466 e. The second kappa shape index (κ2) is 19.2. The van der Waals surface area contributed by atoms with Gasteiger partial charge in [0.1, 0.15) is 11.5 Å². The van der Waals surface area contributed by atoms with Crippen molar-refractivity contribution in [2.75, 3.05) is 14.2 Å². The molecule has 0 bridgehead atoms. The van der Waals surface area contributed by atoms with Crippen LogP contribution in [0.3, 0.4) is 0 Å². The monoisotopic (exact) mass is 768 g/mol. The fourth-order valence-electron chi connectivity index (χ4n) is 6.02. The molecule has 0 unspecified atom stereocenters. The lowest BCUT2D eigenvalue weighted by atomic mass is 9.75. The summed E-state index contributed by atoms with van der Waals surface area (Å²) in [5.41, 5.74) is 6.10. The number of alkyl halides is 4. The molecule has 0 aliphatic heterocycles. The van der Waals surface area contributed by atoms with Crippen LogP contribution in [0.1, 0.15) is 80.5 Å². The number of carbonyl (C=O) groups is 4. The summed E-state index contributed by atoms with van der Waals surface area (Å²) in [4.78, 5) is 47.5. The van der Waals surface area contributed by atoms with Crippen molar-refractivity contribution < 1.29 is 55.7 Å². The molecular formula is C44H36F4O8. The first kappa shape index (κ1) is 40.7. The molecule has 56 heavy (non-hydrogen) atoms. The molecule has 4 aromatic carbocycles. The minimum absolute atomic E-state index is 0.0909. The molecule has 8 nitrogen and oxygen atoms in total. The van der Waals surface area contributed by atoms with E-state index in [-0.39, 0.29) is 34.5 Å². The topological polar surface area (TPSA) is 105 Å². The molecule has 4 aromatic rings. The maximum Gasteiger partial charge on any atom is 0.387 e. The van der Waals surface area contributed by atoms with Gasteiger partial charge < -0.3 is 18.9 Å². The Kier molecular flexibility index (Phi) is 14.0. The van der Waals surface area contributed by atoms with Crippen molar-refractivity contribution in [3.8, 4) is 23.3 Å². The molecule has 288 valence electrons. The maximum atomic E-state index is 12.6. The van der Waals surface area contributed by atoms with E-state index in [2.05, 4.69) is 36.9 Å². The minimum Gasteiger partial charge on any atom is -0.466 e. The summed E-state index contributed by atoms with van der Waals surface area (Å²) in [6.45, 7) is -5.80. The number of hydrogen-bond acceptors (Lipinski definition) is 8. The Labute approximate surface area is 320 Å². The molecule has 0 saturated heterocycles. The molecule has 6 rings (SSSR count). The lowest BCUT2D eigenvalue weighted by molar-refractivity contribution is -0.135. The average Bonchev–Trinajstić information content (AvgIpc) is 3.16. The molecule has 2 aliphatic carbocycles. The molecule has 12 heteroatoms. The van der Waals surface area contributed by atoms with Gasteiger partial charge in [0, 0.05) is 34.4 Å². The lowest BCUT2D eigenvalue weighted by Crippen LogP contribution is -2.17. The van der Waals surface area contributed by atoms with E-state index >= 15 is 0 Å². The summed E-state index contributed by atoms with van der Waals surface area (Å²) in [7, 11) is 2.69. The van der Waals surface area contributed by atoms with Crippen molar-refractivity contribution >= 4 is 23.5 Å². The van der Waals surface area contributed by atoms with E-state index in [0.29, 0.717) is 24.3 Å². The van der Waals surface area contributed by atoms with Crippen molar-refractivity contribution in [1.29, 1.82) is 0 Å². The number of carbonyl (C=O) groups excluding carboxylic acids is 4. The van der Waals surface area contributed by atoms with Crippen molar-refractivity contribution in [1.82, 2.24) is 0 Å². The zero-order valence-electron chi connectivity index (χ0n) is 30.3. The lowest BCUT2D eigenvalue weighted by Gasteiger charge is -2.29. The van der Waals surface area contributed by atoms with Crippen LogP contribution in [0.2, 0.25) is 0 Å². The molecule has 0 amide bonds. The standard InChI is InChI=1S/C22H18F2O5.C22H18F2O3/c1-28-19(25)11-13-9-17(10-13)15-3-2-4-16(12-15)21(27)20(26)14-5-7-18(8-6-14)29-22(23)24;1-26-21(25)14-17-12-19(13-17)18-4-2-3-16(11-18)6-5-15-7-9-20(10-8-15)27-22(23)24/h2-8,11-12,17,22H,9-10H2,1H3;2-4,7-11,14,19,22H,12-13H2,1H3. The number of halogens is 4. The van der Waals surface area contributed by atoms with Crippen LogP contribution < -0.4 is 9.47 Å². The molecule has 0 N–H and O–H groups in total. The molecule has 0 aromatic heterocycles. The third-order valence-corrected chi connectivity index (χ3v) is 9.04. The second-order valence-corrected chi connectivity index (χ2v) is 12.8. The summed E-state index contributed by atoms with van der Waals surface area (Å²) in [6, 6.07) is 26.0. The van der Waals surface area contributed by atoms with Crippen LogP contribution in [0.15, 0.2) is 120 Å². The number of allylic oxidation sites excluding steroid dienone is 2. The summed E-state index contributed by atoms with van der Waals surface area (Å²) in [6.07, 6.45) is 6.09. The van der Waals surface area contributed by atoms with Gasteiger partial charge in [-0.2, -0.15) is 17.6 Å². The van der Waals surface area contributed by atoms with Crippen LogP contribution in [0.25, 0.3) is 0 Å². The molecule has 0 radical (unpaired) electrons. The maximum absolute atomic E-state index is 12.6. The van der Waals surface area contributed by atoms with E-state index in [4.69, 9.17) is 0 Å². The van der Waals surface area contributed by atoms with Crippen LogP contribution in [-0.4, -0.2) is 50.9 Å². The SMILES string of the molecule is COC(=O)C=C1CC(c2cccc(C#Cc3ccc(OC(F)F)cc3)c2)C1.COC(=O)C=C1CC(c2cccc(C(=O)C(=O)c3ccc(OC(F)F)cc3)c2)C1. The Morgan fingerprint density at radius 2 is 1.02 bits per heavy atom. The Hall–Kier alpha value is -6.48. The van der Waals surface area contributed by atoms with Gasteiger partial charge in [-0.15, -0.1) is 0 Å². The highest BCUT2D eigenvalue weighted by Crippen LogP contribution is 2.42. The molecular weight excluding hydrogens is 732 g/mol. The van der Waals surface area contributed by atoms with Crippen molar-refractivity contribution in [2.45, 2.75) is 50.7 Å². The van der Waals surface area contributed by atoms with E-state index in [9.17, 15) is 36.7 Å². The zero-order valence-corrected chi connectivity index (χ0v) is 30.3. The van der Waals surface area contributed by atoms with Gasteiger partial charge in [0.05, 0.1) is 14.2 Å². The number of esters is 2. The first-order valence-corrected chi connectivity index (χ1v) is 17.4. The quantitative estimate of drug-likeness (QED) is 0.0372. The molecule has 0 atom stereocenters. The highest BCUT2D eigenvalue weighted by atomic mass is 19.3. The first-order valence-electron chi connectivity index (χ1n) is 17.4. The van der Waals surface area contributed by atoms with Crippen LogP contribution in [0.4, 0.5) is 17.6 Å².